The van der Waals surface area contributed by atoms with Gasteiger partial charge in [0.2, 0.25) is 5.91 Å². The number of hydrogen-bond acceptors (Lipinski definition) is 6. The first-order valence-electron chi connectivity index (χ1n) is 14.0. The molecule has 0 aliphatic carbocycles. The molecule has 9 nitrogen and oxygen atoms in total. The Morgan fingerprint density at radius 2 is 1.97 bits per heavy atom. The maximum absolute atomic E-state index is 14.2. The molecular formula is C30H47N5O4. The van der Waals surface area contributed by atoms with Crippen LogP contribution in [-0.2, 0) is 20.8 Å². The van der Waals surface area contributed by atoms with Crippen molar-refractivity contribution in [1.29, 1.82) is 0 Å². The van der Waals surface area contributed by atoms with Crippen LogP contribution in [0.5, 0.6) is 0 Å². The average Bonchev–Trinajstić information content (AvgIpc) is 3.38. The van der Waals surface area contributed by atoms with Gasteiger partial charge in [-0.2, -0.15) is 0 Å². The van der Waals surface area contributed by atoms with E-state index in [2.05, 4.69) is 28.7 Å². The molecule has 0 spiro atoms. The number of nitrogens with zero attached hydrogens (tertiary/aromatic N) is 4. The van der Waals surface area contributed by atoms with Crippen molar-refractivity contribution in [3.05, 3.63) is 42.4 Å². The Labute approximate surface area is 233 Å². The number of nitrogens with one attached hydrogen (secondary N) is 1. The first-order valence-corrected chi connectivity index (χ1v) is 14.0. The lowest BCUT2D eigenvalue weighted by Gasteiger charge is -2.40. The van der Waals surface area contributed by atoms with Crippen molar-refractivity contribution < 1.29 is 19.1 Å². The number of piperidine rings is 1. The predicted molar refractivity (Wildman–Crippen MR) is 154 cm³/mol. The molecule has 0 radical (unpaired) electrons. The number of morpholine rings is 1. The maximum atomic E-state index is 14.2. The monoisotopic (exact) mass is 541 g/mol. The molecule has 0 unspecified atom stereocenters. The van der Waals surface area contributed by atoms with E-state index in [-0.39, 0.29) is 31.2 Å². The number of methoxy groups -OCH3 is 1. The molecule has 2 aromatic rings. The molecule has 0 aromatic carbocycles. The van der Waals surface area contributed by atoms with Crippen molar-refractivity contribution >= 4 is 11.8 Å². The van der Waals surface area contributed by atoms with E-state index in [4.69, 9.17) is 9.47 Å². The first kappa shape index (κ1) is 30.8. The summed E-state index contributed by atoms with van der Waals surface area (Å²) >= 11 is 0. The molecule has 2 atom stereocenters. The Hall–Kier alpha value is -2.75. The minimum atomic E-state index is -0.138. The third-order valence-electron chi connectivity index (χ3n) is 7.40. The zero-order valence-electron chi connectivity index (χ0n) is 23.1. The zero-order valence-corrected chi connectivity index (χ0v) is 23.1. The summed E-state index contributed by atoms with van der Waals surface area (Å²) in [6.07, 6.45) is 6.10. The van der Waals surface area contributed by atoms with Crippen molar-refractivity contribution in [3.63, 3.8) is 0 Å². The Balaban J connectivity index is 0.00000420. The minimum absolute atomic E-state index is 0. The Morgan fingerprint density at radius 1 is 1.18 bits per heavy atom. The van der Waals surface area contributed by atoms with E-state index in [0.717, 1.165) is 30.6 Å². The molecule has 0 saturated carbocycles. The van der Waals surface area contributed by atoms with Gasteiger partial charge in [-0.3, -0.25) is 14.6 Å². The lowest BCUT2D eigenvalue weighted by molar-refractivity contribution is -0.140. The fourth-order valence-corrected chi connectivity index (χ4v) is 5.50. The molecule has 2 fully saturated rings. The van der Waals surface area contributed by atoms with Crippen molar-refractivity contribution in [1.82, 2.24) is 24.7 Å². The summed E-state index contributed by atoms with van der Waals surface area (Å²) in [7, 11) is 1.71. The lowest BCUT2D eigenvalue weighted by atomic mass is 9.92. The molecule has 2 amide bonds. The number of carbonyl (C=O) groups excluding carboxylic acids is 2. The fourth-order valence-electron chi connectivity index (χ4n) is 5.50. The van der Waals surface area contributed by atoms with Gasteiger partial charge in [-0.25, -0.2) is 0 Å². The molecule has 1 N–H and O–H groups in total. The van der Waals surface area contributed by atoms with E-state index in [0.29, 0.717) is 70.6 Å². The van der Waals surface area contributed by atoms with Gasteiger partial charge in [0.15, 0.2) is 0 Å². The van der Waals surface area contributed by atoms with E-state index in [9.17, 15) is 9.59 Å². The van der Waals surface area contributed by atoms with Gasteiger partial charge in [-0.1, -0.05) is 21.3 Å². The molecule has 4 rings (SSSR count). The summed E-state index contributed by atoms with van der Waals surface area (Å²) < 4.78 is 12.8. The number of rotatable bonds is 11. The van der Waals surface area contributed by atoms with Gasteiger partial charge in [0.25, 0.3) is 5.91 Å². The highest BCUT2D eigenvalue weighted by Gasteiger charge is 2.36. The summed E-state index contributed by atoms with van der Waals surface area (Å²) in [4.78, 5) is 35.7. The topological polar surface area (TPSA) is 88.9 Å². The number of amides is 2. The van der Waals surface area contributed by atoms with Crippen LogP contribution in [-0.4, -0.2) is 96.9 Å². The molecule has 39 heavy (non-hydrogen) atoms. The Bertz CT molecular complexity index is 1040. The highest BCUT2D eigenvalue weighted by Crippen LogP contribution is 2.27. The number of hydrogen-bond donors (Lipinski definition) is 1. The standard InChI is InChI=1S/C29H43N5O4.CH4/c1-22(2)21-34(25-17-24(19-31-20-25)28(35)32-12-15-38-16-13-32)29(36)27-9-8-26(23-7-6-10-30-18-23)33(27)11-4-5-14-37-3;/h6-10,18,22,24-25,31H,4-5,11-17,19-21H2,1-3H3;1H4/t24-,25+;/m1./s1. The molecular weight excluding hydrogens is 494 g/mol. The van der Waals surface area contributed by atoms with Crippen LogP contribution in [0.3, 0.4) is 0 Å². The van der Waals surface area contributed by atoms with Gasteiger partial charge in [0, 0.05) is 77.0 Å². The Morgan fingerprint density at radius 3 is 2.67 bits per heavy atom. The second-order valence-corrected chi connectivity index (χ2v) is 10.7. The number of ether oxygens (including phenoxy) is 2. The third kappa shape index (κ3) is 7.90. The van der Waals surface area contributed by atoms with E-state index >= 15 is 0 Å². The first-order chi connectivity index (χ1) is 18.5. The van der Waals surface area contributed by atoms with E-state index in [1.807, 2.05) is 40.3 Å². The van der Waals surface area contributed by atoms with Crippen molar-refractivity contribution in [2.24, 2.45) is 11.8 Å². The van der Waals surface area contributed by atoms with E-state index < -0.39 is 0 Å². The quantitative estimate of drug-likeness (QED) is 0.438. The maximum Gasteiger partial charge on any atom is 0.270 e. The molecule has 0 bridgehead atoms. The van der Waals surface area contributed by atoms with Crippen molar-refractivity contribution in [3.8, 4) is 11.3 Å². The molecule has 2 aromatic heterocycles. The summed E-state index contributed by atoms with van der Waals surface area (Å²) in [5.74, 6) is 0.355. The van der Waals surface area contributed by atoms with Crippen LogP contribution in [0.25, 0.3) is 11.3 Å². The summed E-state index contributed by atoms with van der Waals surface area (Å²) in [6.45, 7) is 10.1. The van der Waals surface area contributed by atoms with Crippen molar-refractivity contribution in [2.45, 2.75) is 53.1 Å². The smallest absolute Gasteiger partial charge is 0.270 e. The van der Waals surface area contributed by atoms with Crippen LogP contribution >= 0.6 is 0 Å². The SMILES string of the molecule is C.COCCCCn1c(C(=O)N(CC(C)C)[C@@H]2CNC[C@H](C(=O)N3CCOCC3)C2)ccc1-c1cccnc1. The lowest BCUT2D eigenvalue weighted by Crippen LogP contribution is -2.56. The molecule has 9 heteroatoms. The van der Waals surface area contributed by atoms with Crippen molar-refractivity contribution in [2.75, 3.05) is 59.7 Å². The number of carbonyl (C=O) groups is 2. The van der Waals surface area contributed by atoms with Gasteiger partial charge in [-0.05, 0) is 49.4 Å². The second kappa shape index (κ2) is 15.1. The molecule has 4 heterocycles. The number of pyridine rings is 1. The van der Waals surface area contributed by atoms with Crippen LogP contribution in [0.4, 0.5) is 0 Å². The minimum Gasteiger partial charge on any atom is -0.385 e. The van der Waals surface area contributed by atoms with Crippen LogP contribution < -0.4 is 5.32 Å². The van der Waals surface area contributed by atoms with Crippen LogP contribution in [0.15, 0.2) is 36.7 Å². The van der Waals surface area contributed by atoms with Crippen LogP contribution in [0.1, 0.15) is 51.0 Å². The van der Waals surface area contributed by atoms with Gasteiger partial charge in [0.05, 0.1) is 24.8 Å². The third-order valence-corrected chi connectivity index (χ3v) is 7.40. The molecule has 216 valence electrons. The van der Waals surface area contributed by atoms with Gasteiger partial charge < -0.3 is 29.2 Å². The normalized spacial score (nSPS) is 19.5. The average molecular weight is 542 g/mol. The number of aromatic nitrogens is 2. The number of unbranched alkanes of at least 4 members (excludes halogenated alkanes) is 1. The van der Waals surface area contributed by atoms with Crippen LogP contribution in [0.2, 0.25) is 0 Å². The summed E-state index contributed by atoms with van der Waals surface area (Å²) in [5, 5.41) is 3.46. The van der Waals surface area contributed by atoms with Gasteiger partial charge in [0.1, 0.15) is 5.69 Å². The molecule has 2 saturated heterocycles. The zero-order chi connectivity index (χ0) is 26.9. The van der Waals surface area contributed by atoms with Gasteiger partial charge >= 0.3 is 0 Å². The Kier molecular flexibility index (Phi) is 12.0. The highest BCUT2D eigenvalue weighted by atomic mass is 16.5. The second-order valence-electron chi connectivity index (χ2n) is 10.7. The molecule has 2 aliphatic rings. The van der Waals surface area contributed by atoms with E-state index in [1.165, 1.54) is 0 Å². The van der Waals surface area contributed by atoms with Gasteiger partial charge in [-0.15, -0.1) is 0 Å². The van der Waals surface area contributed by atoms with E-state index in [1.54, 1.807) is 13.3 Å². The summed E-state index contributed by atoms with van der Waals surface area (Å²) in [6, 6.07) is 7.87. The van der Waals surface area contributed by atoms with Crippen LogP contribution in [0, 0.1) is 11.8 Å². The summed E-state index contributed by atoms with van der Waals surface area (Å²) in [5.41, 5.74) is 2.67. The fraction of sp³-hybridized carbons (Fsp3) is 0.633. The molecule has 2 aliphatic heterocycles. The largest absolute Gasteiger partial charge is 0.385 e. The highest BCUT2D eigenvalue weighted by molar-refractivity contribution is 5.94. The predicted octanol–water partition coefficient (Wildman–Crippen LogP) is 3.55.